The van der Waals surface area contributed by atoms with E-state index in [0.29, 0.717) is 19.5 Å². The van der Waals surface area contributed by atoms with Gasteiger partial charge in [0, 0.05) is 24.8 Å². The quantitative estimate of drug-likeness (QED) is 0.682. The first-order valence-corrected chi connectivity index (χ1v) is 6.14. The topological polar surface area (TPSA) is 92.6 Å². The van der Waals surface area contributed by atoms with Gasteiger partial charge in [0.1, 0.15) is 0 Å². The Balaban J connectivity index is 2.10. The standard InChI is InChI=1S/C13H19N3O2/c14-7-12(9-1-3-11(15)4-2-9)16-6-5-10(8-16)13(17)18/h1-4,10,12H,5-8,14-15H2,(H,17,18)/t10-,12-/m1/s1. The molecule has 98 valence electrons. The first-order valence-electron chi connectivity index (χ1n) is 6.14. The molecule has 0 saturated carbocycles. The van der Waals surface area contributed by atoms with Gasteiger partial charge in [-0.25, -0.2) is 0 Å². The van der Waals surface area contributed by atoms with Crippen molar-refractivity contribution in [1.29, 1.82) is 0 Å². The Labute approximate surface area is 106 Å². The minimum Gasteiger partial charge on any atom is -0.481 e. The molecule has 1 saturated heterocycles. The molecule has 1 aliphatic heterocycles. The Hall–Kier alpha value is -1.59. The molecule has 5 heteroatoms. The second-order valence-electron chi connectivity index (χ2n) is 4.74. The summed E-state index contributed by atoms with van der Waals surface area (Å²) in [7, 11) is 0. The predicted octanol–water partition coefficient (Wildman–Crippen LogP) is 0.675. The van der Waals surface area contributed by atoms with E-state index in [4.69, 9.17) is 16.6 Å². The van der Waals surface area contributed by atoms with E-state index >= 15 is 0 Å². The molecule has 5 nitrogen and oxygen atoms in total. The van der Waals surface area contributed by atoms with Gasteiger partial charge in [0.15, 0.2) is 0 Å². The fourth-order valence-corrected chi connectivity index (χ4v) is 2.49. The van der Waals surface area contributed by atoms with Gasteiger partial charge in [0.25, 0.3) is 0 Å². The van der Waals surface area contributed by atoms with E-state index in [1.165, 1.54) is 0 Å². The van der Waals surface area contributed by atoms with Crippen LogP contribution in [0.15, 0.2) is 24.3 Å². The van der Waals surface area contributed by atoms with Crippen molar-refractivity contribution in [3.8, 4) is 0 Å². The molecule has 2 rings (SSSR count). The maximum Gasteiger partial charge on any atom is 0.307 e. The number of nitrogen functional groups attached to an aromatic ring is 1. The number of nitrogens with two attached hydrogens (primary N) is 2. The van der Waals surface area contributed by atoms with Crippen molar-refractivity contribution in [1.82, 2.24) is 4.90 Å². The van der Waals surface area contributed by atoms with Crippen molar-refractivity contribution in [2.24, 2.45) is 11.7 Å². The van der Waals surface area contributed by atoms with Crippen LogP contribution in [-0.2, 0) is 4.79 Å². The van der Waals surface area contributed by atoms with Crippen molar-refractivity contribution in [2.75, 3.05) is 25.4 Å². The molecule has 1 aromatic rings. The minimum absolute atomic E-state index is 0.0787. The third kappa shape index (κ3) is 2.63. The highest BCUT2D eigenvalue weighted by Crippen LogP contribution is 2.27. The number of carbonyl (C=O) groups is 1. The van der Waals surface area contributed by atoms with Gasteiger partial charge in [-0.2, -0.15) is 0 Å². The molecule has 0 bridgehead atoms. The number of carboxylic acid groups (broad SMARTS) is 1. The third-order valence-electron chi connectivity index (χ3n) is 3.55. The summed E-state index contributed by atoms with van der Waals surface area (Å²) in [5.41, 5.74) is 13.3. The molecule has 1 aromatic carbocycles. The SMILES string of the molecule is NC[C@H](c1ccc(N)cc1)N1CC[C@@H](C(=O)O)C1. The lowest BCUT2D eigenvalue weighted by atomic mass is 10.1. The second kappa shape index (κ2) is 5.37. The molecular formula is C13H19N3O2. The number of hydrogen-bond acceptors (Lipinski definition) is 4. The van der Waals surface area contributed by atoms with Crippen LogP contribution in [0.1, 0.15) is 18.0 Å². The van der Waals surface area contributed by atoms with Gasteiger partial charge in [-0.1, -0.05) is 12.1 Å². The first kappa shape index (κ1) is 12.9. The normalized spacial score (nSPS) is 21.9. The molecule has 1 aliphatic rings. The van der Waals surface area contributed by atoms with E-state index < -0.39 is 5.97 Å². The summed E-state index contributed by atoms with van der Waals surface area (Å²) in [5.74, 6) is -0.988. The monoisotopic (exact) mass is 249 g/mol. The van der Waals surface area contributed by atoms with E-state index in [1.54, 1.807) is 0 Å². The maximum absolute atomic E-state index is 11.0. The number of carboxylic acids is 1. The summed E-state index contributed by atoms with van der Waals surface area (Å²) in [6.45, 7) is 1.83. The van der Waals surface area contributed by atoms with E-state index in [9.17, 15) is 4.79 Å². The van der Waals surface area contributed by atoms with Crippen LogP contribution in [0.2, 0.25) is 0 Å². The van der Waals surface area contributed by atoms with Gasteiger partial charge >= 0.3 is 5.97 Å². The maximum atomic E-state index is 11.0. The zero-order valence-corrected chi connectivity index (χ0v) is 10.2. The van der Waals surface area contributed by atoms with Crippen LogP contribution in [0.5, 0.6) is 0 Å². The van der Waals surface area contributed by atoms with Crippen LogP contribution >= 0.6 is 0 Å². The van der Waals surface area contributed by atoms with Gasteiger partial charge in [-0.05, 0) is 30.7 Å². The van der Waals surface area contributed by atoms with Crippen LogP contribution in [0.25, 0.3) is 0 Å². The number of rotatable bonds is 4. The first-order chi connectivity index (χ1) is 8.61. The summed E-state index contributed by atoms with van der Waals surface area (Å²) in [5, 5.41) is 9.02. The summed E-state index contributed by atoms with van der Waals surface area (Å²) >= 11 is 0. The molecule has 0 radical (unpaired) electrons. The fraction of sp³-hybridized carbons (Fsp3) is 0.462. The average Bonchev–Trinajstić information content (AvgIpc) is 2.82. The fourth-order valence-electron chi connectivity index (χ4n) is 2.49. The minimum atomic E-state index is -0.717. The smallest absolute Gasteiger partial charge is 0.307 e. The van der Waals surface area contributed by atoms with Crippen LogP contribution in [-0.4, -0.2) is 35.6 Å². The molecule has 18 heavy (non-hydrogen) atoms. The highest BCUT2D eigenvalue weighted by molar-refractivity contribution is 5.70. The van der Waals surface area contributed by atoms with Gasteiger partial charge < -0.3 is 16.6 Å². The number of likely N-dealkylation sites (tertiary alicyclic amines) is 1. The molecule has 1 heterocycles. The molecule has 0 amide bonds. The number of nitrogens with zero attached hydrogens (tertiary/aromatic N) is 1. The van der Waals surface area contributed by atoms with E-state index in [0.717, 1.165) is 17.8 Å². The molecule has 2 atom stereocenters. The summed E-state index contributed by atoms with van der Waals surface area (Å²) in [6.07, 6.45) is 0.695. The van der Waals surface area contributed by atoms with E-state index in [1.807, 2.05) is 24.3 Å². The highest BCUT2D eigenvalue weighted by atomic mass is 16.4. The van der Waals surface area contributed by atoms with E-state index in [-0.39, 0.29) is 12.0 Å². The van der Waals surface area contributed by atoms with E-state index in [2.05, 4.69) is 4.90 Å². The van der Waals surface area contributed by atoms with Crippen molar-refractivity contribution in [3.05, 3.63) is 29.8 Å². The van der Waals surface area contributed by atoms with Crippen LogP contribution in [0.4, 0.5) is 5.69 Å². The largest absolute Gasteiger partial charge is 0.481 e. The zero-order chi connectivity index (χ0) is 13.1. The summed E-state index contributed by atoms with van der Waals surface area (Å²) in [6, 6.07) is 7.70. The van der Waals surface area contributed by atoms with Crippen LogP contribution < -0.4 is 11.5 Å². The molecule has 0 aliphatic carbocycles. The van der Waals surface area contributed by atoms with Gasteiger partial charge in [-0.15, -0.1) is 0 Å². The Morgan fingerprint density at radius 3 is 2.61 bits per heavy atom. The lowest BCUT2D eigenvalue weighted by Crippen LogP contribution is -2.32. The zero-order valence-electron chi connectivity index (χ0n) is 10.2. The number of anilines is 1. The number of hydrogen-bond donors (Lipinski definition) is 3. The Bertz CT molecular complexity index is 419. The average molecular weight is 249 g/mol. The Morgan fingerprint density at radius 1 is 1.44 bits per heavy atom. The van der Waals surface area contributed by atoms with Crippen LogP contribution in [0, 0.1) is 5.92 Å². The molecule has 0 aromatic heterocycles. The molecule has 1 fully saturated rings. The van der Waals surface area contributed by atoms with Crippen molar-refractivity contribution in [3.63, 3.8) is 0 Å². The van der Waals surface area contributed by atoms with Gasteiger partial charge in [0.05, 0.1) is 5.92 Å². The Kier molecular flexibility index (Phi) is 3.84. The van der Waals surface area contributed by atoms with Gasteiger partial charge in [-0.3, -0.25) is 9.69 Å². The third-order valence-corrected chi connectivity index (χ3v) is 3.55. The lowest BCUT2D eigenvalue weighted by molar-refractivity contribution is -0.141. The van der Waals surface area contributed by atoms with Crippen LogP contribution in [0.3, 0.4) is 0 Å². The lowest BCUT2D eigenvalue weighted by Gasteiger charge is -2.26. The molecule has 5 N–H and O–H groups in total. The summed E-state index contributed by atoms with van der Waals surface area (Å²) < 4.78 is 0. The number of aliphatic carboxylic acids is 1. The van der Waals surface area contributed by atoms with Crippen molar-refractivity contribution < 1.29 is 9.90 Å². The molecule has 0 spiro atoms. The summed E-state index contributed by atoms with van der Waals surface area (Å²) in [4.78, 5) is 13.1. The van der Waals surface area contributed by atoms with Crippen molar-refractivity contribution in [2.45, 2.75) is 12.5 Å². The second-order valence-corrected chi connectivity index (χ2v) is 4.74. The van der Waals surface area contributed by atoms with Crippen molar-refractivity contribution >= 4 is 11.7 Å². The molecular weight excluding hydrogens is 230 g/mol. The predicted molar refractivity (Wildman–Crippen MR) is 70.0 cm³/mol. The van der Waals surface area contributed by atoms with Gasteiger partial charge in [0.2, 0.25) is 0 Å². The highest BCUT2D eigenvalue weighted by Gasteiger charge is 2.32. The molecule has 0 unspecified atom stereocenters. The Morgan fingerprint density at radius 2 is 2.11 bits per heavy atom. The number of benzene rings is 1.